The summed E-state index contributed by atoms with van der Waals surface area (Å²) in [6, 6.07) is 8.26. The number of nitrogens with zero attached hydrogens (tertiary/aromatic N) is 2. The van der Waals surface area contributed by atoms with Crippen LogP contribution in [0.15, 0.2) is 24.4 Å². The van der Waals surface area contributed by atoms with Crippen LogP contribution in [0.1, 0.15) is 88.8 Å². The number of fused-ring (bicyclic) bond motifs is 2. The molecule has 4 heteroatoms. The van der Waals surface area contributed by atoms with Crippen LogP contribution in [0.5, 0.6) is 0 Å². The van der Waals surface area contributed by atoms with E-state index in [0.717, 1.165) is 45.2 Å². The number of carbonyl (C=O) groups is 1. The standard InChI is InChI=1S/C27H39N3O/c1-4-13-29-16-20(27(31)28-21-9-6-5-7-10-21)14-23-22-11-8-12-24-26(22)19(15-25(23)29)17-30(24)18(2)3/h8,11-12,17-18,20-21,23,25H,4-7,9-10,13-16H2,1-3H3,(H,28,31)/t20-,23-,25-/m1/s1. The minimum Gasteiger partial charge on any atom is -0.353 e. The third-order valence-electron chi connectivity index (χ3n) is 8.11. The number of likely N-dealkylation sites (tertiary alicyclic amines) is 1. The van der Waals surface area contributed by atoms with E-state index in [4.69, 9.17) is 0 Å². The maximum absolute atomic E-state index is 13.3. The van der Waals surface area contributed by atoms with E-state index in [0.29, 0.717) is 30.0 Å². The average Bonchev–Trinajstić information content (AvgIpc) is 3.15. The molecule has 0 spiro atoms. The highest BCUT2D eigenvalue weighted by molar-refractivity contribution is 5.89. The van der Waals surface area contributed by atoms with Crippen molar-refractivity contribution >= 4 is 16.8 Å². The van der Waals surface area contributed by atoms with Crippen LogP contribution in [-0.2, 0) is 11.2 Å². The van der Waals surface area contributed by atoms with Crippen molar-refractivity contribution in [2.45, 2.75) is 96.2 Å². The summed E-state index contributed by atoms with van der Waals surface area (Å²) in [5.74, 6) is 0.879. The lowest BCUT2D eigenvalue weighted by atomic mass is 9.72. The number of hydrogen-bond donors (Lipinski definition) is 1. The maximum atomic E-state index is 13.3. The average molecular weight is 422 g/mol. The van der Waals surface area contributed by atoms with Gasteiger partial charge in [0.2, 0.25) is 5.91 Å². The SMILES string of the molecule is CCCN1C[C@H](C(=O)NC2CCCCC2)C[C@@H]2c3cccc4c3c(cn4C(C)C)C[C@H]21. The molecule has 1 saturated carbocycles. The molecule has 2 fully saturated rings. The Morgan fingerprint density at radius 1 is 1.19 bits per heavy atom. The van der Waals surface area contributed by atoms with Gasteiger partial charge in [-0.05, 0) is 69.7 Å². The number of benzene rings is 1. The third kappa shape index (κ3) is 3.82. The van der Waals surface area contributed by atoms with E-state index in [1.165, 1.54) is 41.3 Å². The first-order valence-electron chi connectivity index (χ1n) is 12.7. The number of hydrogen-bond acceptors (Lipinski definition) is 2. The van der Waals surface area contributed by atoms with Crippen molar-refractivity contribution in [2.24, 2.45) is 5.92 Å². The summed E-state index contributed by atoms with van der Waals surface area (Å²) < 4.78 is 2.45. The Balaban J connectivity index is 1.46. The van der Waals surface area contributed by atoms with Gasteiger partial charge in [-0.15, -0.1) is 0 Å². The normalized spacial score (nSPS) is 26.9. The molecule has 1 N–H and O–H groups in total. The molecule has 0 bridgehead atoms. The van der Waals surface area contributed by atoms with Gasteiger partial charge in [0.1, 0.15) is 0 Å². The van der Waals surface area contributed by atoms with Crippen molar-refractivity contribution in [3.05, 3.63) is 35.5 Å². The molecular formula is C27H39N3O. The minimum absolute atomic E-state index is 0.110. The fourth-order valence-electron chi connectivity index (χ4n) is 6.66. The zero-order valence-electron chi connectivity index (χ0n) is 19.6. The van der Waals surface area contributed by atoms with E-state index < -0.39 is 0 Å². The summed E-state index contributed by atoms with van der Waals surface area (Å²) in [6.07, 6.45) is 11.8. The molecule has 0 radical (unpaired) electrons. The number of aromatic nitrogens is 1. The van der Waals surface area contributed by atoms with E-state index in [9.17, 15) is 4.79 Å². The van der Waals surface area contributed by atoms with Crippen molar-refractivity contribution in [1.82, 2.24) is 14.8 Å². The van der Waals surface area contributed by atoms with Crippen LogP contribution in [0, 0.1) is 5.92 Å². The van der Waals surface area contributed by atoms with Gasteiger partial charge < -0.3 is 9.88 Å². The highest BCUT2D eigenvalue weighted by Crippen LogP contribution is 2.46. The van der Waals surface area contributed by atoms with Gasteiger partial charge in [0, 0.05) is 47.7 Å². The van der Waals surface area contributed by atoms with E-state index in [2.05, 4.69) is 60.0 Å². The zero-order valence-corrected chi connectivity index (χ0v) is 19.6. The van der Waals surface area contributed by atoms with Gasteiger partial charge in [0.05, 0.1) is 5.92 Å². The first kappa shape index (κ1) is 21.1. The molecule has 0 unspecified atom stereocenters. The highest BCUT2D eigenvalue weighted by atomic mass is 16.2. The molecule has 4 nitrogen and oxygen atoms in total. The topological polar surface area (TPSA) is 37.3 Å². The zero-order chi connectivity index (χ0) is 21.5. The van der Waals surface area contributed by atoms with Crippen LogP contribution < -0.4 is 5.32 Å². The minimum atomic E-state index is 0.110. The van der Waals surface area contributed by atoms with Crippen LogP contribution in [0.3, 0.4) is 0 Å². The number of nitrogens with one attached hydrogen (secondary N) is 1. The number of rotatable bonds is 5. The van der Waals surface area contributed by atoms with Crippen molar-refractivity contribution < 1.29 is 4.79 Å². The van der Waals surface area contributed by atoms with Gasteiger partial charge in [-0.3, -0.25) is 9.69 Å². The predicted molar refractivity (Wildman–Crippen MR) is 128 cm³/mol. The van der Waals surface area contributed by atoms with Crippen LogP contribution in [0.25, 0.3) is 10.9 Å². The smallest absolute Gasteiger partial charge is 0.224 e. The van der Waals surface area contributed by atoms with Gasteiger partial charge in [0.25, 0.3) is 0 Å². The van der Waals surface area contributed by atoms with Gasteiger partial charge in [-0.1, -0.05) is 38.3 Å². The Kier molecular flexibility index (Phi) is 5.85. The first-order valence-corrected chi connectivity index (χ1v) is 12.7. The first-order chi connectivity index (χ1) is 15.1. The molecule has 1 aromatic heterocycles. The largest absolute Gasteiger partial charge is 0.353 e. The number of amides is 1. The molecule has 31 heavy (non-hydrogen) atoms. The number of piperidine rings is 1. The predicted octanol–water partition coefficient (Wildman–Crippen LogP) is 5.41. The maximum Gasteiger partial charge on any atom is 0.224 e. The monoisotopic (exact) mass is 421 g/mol. The van der Waals surface area contributed by atoms with Crippen LogP contribution in [-0.4, -0.2) is 40.5 Å². The second-order valence-electron chi connectivity index (χ2n) is 10.5. The third-order valence-corrected chi connectivity index (χ3v) is 8.11. The highest BCUT2D eigenvalue weighted by Gasteiger charge is 2.43. The van der Waals surface area contributed by atoms with Crippen molar-refractivity contribution in [3.63, 3.8) is 0 Å². The van der Waals surface area contributed by atoms with Gasteiger partial charge in [0.15, 0.2) is 0 Å². The van der Waals surface area contributed by atoms with Gasteiger partial charge in [-0.25, -0.2) is 0 Å². The van der Waals surface area contributed by atoms with E-state index in [1.807, 2.05) is 0 Å². The van der Waals surface area contributed by atoms with Crippen molar-refractivity contribution in [1.29, 1.82) is 0 Å². The Labute approximate surface area is 187 Å². The quantitative estimate of drug-likeness (QED) is 0.701. The van der Waals surface area contributed by atoms with Crippen LogP contribution >= 0.6 is 0 Å². The van der Waals surface area contributed by atoms with Crippen molar-refractivity contribution in [3.8, 4) is 0 Å². The van der Waals surface area contributed by atoms with E-state index >= 15 is 0 Å². The molecule has 2 aliphatic carbocycles. The molecule has 1 amide bonds. The molecule has 1 saturated heterocycles. The Morgan fingerprint density at radius 2 is 2.00 bits per heavy atom. The molecule has 5 rings (SSSR count). The lowest BCUT2D eigenvalue weighted by Crippen LogP contribution is -2.54. The molecule has 168 valence electrons. The molecule has 2 heterocycles. The molecule has 3 aliphatic rings. The molecule has 1 aliphatic heterocycles. The van der Waals surface area contributed by atoms with Gasteiger partial charge >= 0.3 is 0 Å². The van der Waals surface area contributed by atoms with Gasteiger partial charge in [-0.2, -0.15) is 0 Å². The van der Waals surface area contributed by atoms with Crippen molar-refractivity contribution in [2.75, 3.05) is 13.1 Å². The second kappa shape index (κ2) is 8.61. The Hall–Kier alpha value is -1.81. The van der Waals surface area contributed by atoms with E-state index in [-0.39, 0.29) is 5.92 Å². The lowest BCUT2D eigenvalue weighted by Gasteiger charge is -2.47. The summed E-state index contributed by atoms with van der Waals surface area (Å²) in [7, 11) is 0. The molecule has 3 atom stereocenters. The Morgan fingerprint density at radius 3 is 2.74 bits per heavy atom. The second-order valence-corrected chi connectivity index (χ2v) is 10.5. The summed E-state index contributed by atoms with van der Waals surface area (Å²) in [5.41, 5.74) is 4.36. The Bertz CT molecular complexity index is 939. The number of carbonyl (C=O) groups excluding carboxylic acids is 1. The summed E-state index contributed by atoms with van der Waals surface area (Å²) >= 11 is 0. The molecular weight excluding hydrogens is 382 g/mol. The van der Waals surface area contributed by atoms with Crippen LogP contribution in [0.2, 0.25) is 0 Å². The fraction of sp³-hybridized carbons (Fsp3) is 0.667. The molecule has 2 aromatic rings. The fourth-order valence-corrected chi connectivity index (χ4v) is 6.66. The molecule has 1 aromatic carbocycles. The summed E-state index contributed by atoms with van der Waals surface area (Å²) in [5, 5.41) is 4.91. The van der Waals surface area contributed by atoms with E-state index in [1.54, 1.807) is 0 Å². The lowest BCUT2D eigenvalue weighted by molar-refractivity contribution is -0.128. The summed E-state index contributed by atoms with van der Waals surface area (Å²) in [6.45, 7) is 8.82. The van der Waals surface area contributed by atoms with Crippen LogP contribution in [0.4, 0.5) is 0 Å². The summed E-state index contributed by atoms with van der Waals surface area (Å²) in [4.78, 5) is 16.0.